The number of benzene rings is 2. The predicted octanol–water partition coefficient (Wildman–Crippen LogP) is 4.39. The third-order valence-electron chi connectivity index (χ3n) is 4.46. The van der Waals surface area contributed by atoms with Crippen LogP contribution in [-0.2, 0) is 0 Å². The maximum absolute atomic E-state index is 5.87. The van der Waals surface area contributed by atoms with Crippen molar-refractivity contribution >= 4 is 10.8 Å². The molecule has 1 N–H and O–H groups in total. The zero-order valence-corrected chi connectivity index (χ0v) is 12.8. The summed E-state index contributed by atoms with van der Waals surface area (Å²) in [7, 11) is 0. The van der Waals surface area contributed by atoms with Gasteiger partial charge in [-0.1, -0.05) is 50.1 Å². The Kier molecular flexibility index (Phi) is 4.76. The molecule has 3 rings (SSSR count). The molecule has 2 aromatic rings. The van der Waals surface area contributed by atoms with Crippen LogP contribution in [0.25, 0.3) is 10.8 Å². The molecular weight excluding hydrogens is 258 g/mol. The van der Waals surface area contributed by atoms with Crippen molar-refractivity contribution < 1.29 is 4.74 Å². The first-order chi connectivity index (χ1) is 10.3. The van der Waals surface area contributed by atoms with Crippen molar-refractivity contribution in [3.8, 4) is 5.75 Å². The summed E-state index contributed by atoms with van der Waals surface area (Å²) >= 11 is 0. The molecule has 21 heavy (non-hydrogen) atoms. The minimum atomic E-state index is 0.689. The van der Waals surface area contributed by atoms with Crippen LogP contribution in [0.15, 0.2) is 42.5 Å². The van der Waals surface area contributed by atoms with Gasteiger partial charge in [0.05, 0.1) is 0 Å². The Labute approximate surface area is 127 Å². The Balaban J connectivity index is 1.46. The molecule has 0 bridgehead atoms. The lowest BCUT2D eigenvalue weighted by Crippen LogP contribution is -2.36. The molecule has 1 saturated carbocycles. The summed E-state index contributed by atoms with van der Waals surface area (Å²) in [5.41, 5.74) is 0. The summed E-state index contributed by atoms with van der Waals surface area (Å²) in [6.45, 7) is 4.03. The van der Waals surface area contributed by atoms with Gasteiger partial charge >= 0.3 is 0 Å². The van der Waals surface area contributed by atoms with Crippen molar-refractivity contribution in [2.75, 3.05) is 13.2 Å². The third-order valence-corrected chi connectivity index (χ3v) is 4.46. The first kappa shape index (κ1) is 14.4. The number of rotatable bonds is 5. The molecule has 1 aliphatic rings. The summed E-state index contributed by atoms with van der Waals surface area (Å²) in [6, 6.07) is 15.4. The van der Waals surface area contributed by atoms with E-state index in [1.165, 1.54) is 36.5 Å². The van der Waals surface area contributed by atoms with Crippen molar-refractivity contribution in [1.82, 2.24) is 5.32 Å². The fourth-order valence-corrected chi connectivity index (χ4v) is 3.31. The van der Waals surface area contributed by atoms with E-state index in [2.05, 4.69) is 54.7 Å². The number of hydrogen-bond donors (Lipinski definition) is 1. The Morgan fingerprint density at radius 3 is 2.81 bits per heavy atom. The van der Waals surface area contributed by atoms with Gasteiger partial charge in [-0.2, -0.15) is 0 Å². The van der Waals surface area contributed by atoms with Gasteiger partial charge in [-0.05, 0) is 41.7 Å². The highest BCUT2D eigenvalue weighted by Gasteiger charge is 2.17. The number of ether oxygens (including phenoxy) is 1. The Bertz CT molecular complexity index is 581. The fraction of sp³-hybridized carbons (Fsp3) is 0.474. The van der Waals surface area contributed by atoms with Crippen molar-refractivity contribution in [3.63, 3.8) is 0 Å². The normalized spacial score (nSPS) is 22.3. The molecule has 0 saturated heterocycles. The minimum Gasteiger partial charge on any atom is -0.492 e. The van der Waals surface area contributed by atoms with Crippen LogP contribution >= 0.6 is 0 Å². The van der Waals surface area contributed by atoms with Crippen LogP contribution in [0.5, 0.6) is 5.75 Å². The average Bonchev–Trinajstić information content (AvgIpc) is 2.51. The maximum atomic E-state index is 5.87. The molecule has 1 aliphatic carbocycles. The van der Waals surface area contributed by atoms with E-state index in [1.807, 2.05) is 0 Å². The number of nitrogens with one attached hydrogen (secondary N) is 1. The van der Waals surface area contributed by atoms with Gasteiger partial charge in [0.2, 0.25) is 0 Å². The monoisotopic (exact) mass is 283 g/mol. The molecule has 2 heteroatoms. The van der Waals surface area contributed by atoms with Gasteiger partial charge in [0, 0.05) is 12.6 Å². The first-order valence-electron chi connectivity index (χ1n) is 8.16. The van der Waals surface area contributed by atoms with Crippen LogP contribution in [0.1, 0.15) is 32.6 Å². The lowest BCUT2D eigenvalue weighted by molar-refractivity contribution is 0.266. The summed E-state index contributed by atoms with van der Waals surface area (Å²) in [6.07, 6.45) is 5.40. The highest BCUT2D eigenvalue weighted by molar-refractivity contribution is 5.83. The molecule has 0 radical (unpaired) electrons. The van der Waals surface area contributed by atoms with E-state index in [9.17, 15) is 0 Å². The number of fused-ring (bicyclic) bond motifs is 1. The van der Waals surface area contributed by atoms with Crippen LogP contribution < -0.4 is 10.1 Å². The Hall–Kier alpha value is -1.54. The standard InChI is InChI=1S/C19H25NO/c1-15-5-4-8-18(13-15)20-11-12-21-19-10-9-16-6-2-3-7-17(16)14-19/h2-3,6-7,9-10,14-15,18,20H,4-5,8,11-13H2,1H3. The topological polar surface area (TPSA) is 21.3 Å². The van der Waals surface area contributed by atoms with Crippen LogP contribution in [0.2, 0.25) is 0 Å². The van der Waals surface area contributed by atoms with Gasteiger partial charge in [0.1, 0.15) is 12.4 Å². The highest BCUT2D eigenvalue weighted by Crippen LogP contribution is 2.23. The molecule has 112 valence electrons. The molecule has 0 heterocycles. The van der Waals surface area contributed by atoms with Gasteiger partial charge in [-0.15, -0.1) is 0 Å². The highest BCUT2D eigenvalue weighted by atomic mass is 16.5. The van der Waals surface area contributed by atoms with Crippen LogP contribution in [0.4, 0.5) is 0 Å². The fourth-order valence-electron chi connectivity index (χ4n) is 3.31. The van der Waals surface area contributed by atoms with E-state index >= 15 is 0 Å². The molecule has 2 unspecified atom stereocenters. The van der Waals surface area contributed by atoms with Gasteiger partial charge in [-0.3, -0.25) is 0 Å². The maximum Gasteiger partial charge on any atom is 0.120 e. The minimum absolute atomic E-state index is 0.689. The van der Waals surface area contributed by atoms with Crippen LogP contribution in [-0.4, -0.2) is 19.2 Å². The van der Waals surface area contributed by atoms with Gasteiger partial charge in [0.25, 0.3) is 0 Å². The lowest BCUT2D eigenvalue weighted by Gasteiger charge is -2.27. The molecule has 0 spiro atoms. The smallest absolute Gasteiger partial charge is 0.120 e. The molecule has 2 nitrogen and oxygen atoms in total. The second kappa shape index (κ2) is 6.95. The molecule has 0 aliphatic heterocycles. The van der Waals surface area contributed by atoms with E-state index in [0.29, 0.717) is 6.04 Å². The quantitative estimate of drug-likeness (QED) is 0.822. The molecule has 2 atom stereocenters. The SMILES string of the molecule is CC1CCCC(NCCOc2ccc3ccccc3c2)C1. The van der Waals surface area contributed by atoms with E-state index in [4.69, 9.17) is 4.74 Å². The van der Waals surface area contributed by atoms with Crippen LogP contribution in [0, 0.1) is 5.92 Å². The zero-order chi connectivity index (χ0) is 14.5. The van der Waals surface area contributed by atoms with Crippen molar-refractivity contribution in [2.45, 2.75) is 38.6 Å². The predicted molar refractivity (Wildman–Crippen MR) is 88.9 cm³/mol. The van der Waals surface area contributed by atoms with Gasteiger partial charge in [-0.25, -0.2) is 0 Å². The van der Waals surface area contributed by atoms with Gasteiger partial charge < -0.3 is 10.1 Å². The Morgan fingerprint density at radius 2 is 1.95 bits per heavy atom. The first-order valence-corrected chi connectivity index (χ1v) is 8.16. The molecular formula is C19H25NO. The van der Waals surface area contributed by atoms with Crippen LogP contribution in [0.3, 0.4) is 0 Å². The summed E-state index contributed by atoms with van der Waals surface area (Å²) in [5.74, 6) is 1.84. The molecule has 0 amide bonds. The molecule has 2 aromatic carbocycles. The average molecular weight is 283 g/mol. The largest absolute Gasteiger partial charge is 0.492 e. The van der Waals surface area contributed by atoms with E-state index in [0.717, 1.165) is 24.8 Å². The molecule has 0 aromatic heterocycles. The second-order valence-corrected chi connectivity index (χ2v) is 6.28. The van der Waals surface area contributed by atoms with E-state index in [1.54, 1.807) is 0 Å². The molecule has 1 fully saturated rings. The van der Waals surface area contributed by atoms with Crippen molar-refractivity contribution in [1.29, 1.82) is 0 Å². The summed E-state index contributed by atoms with van der Waals surface area (Å²) < 4.78 is 5.87. The van der Waals surface area contributed by atoms with E-state index in [-0.39, 0.29) is 0 Å². The zero-order valence-electron chi connectivity index (χ0n) is 12.8. The summed E-state index contributed by atoms with van der Waals surface area (Å²) in [4.78, 5) is 0. The third kappa shape index (κ3) is 3.98. The van der Waals surface area contributed by atoms with Gasteiger partial charge in [0.15, 0.2) is 0 Å². The van der Waals surface area contributed by atoms with Crippen molar-refractivity contribution in [2.24, 2.45) is 5.92 Å². The Morgan fingerprint density at radius 1 is 1.10 bits per heavy atom. The number of hydrogen-bond acceptors (Lipinski definition) is 2. The van der Waals surface area contributed by atoms with Crippen molar-refractivity contribution in [3.05, 3.63) is 42.5 Å². The lowest BCUT2D eigenvalue weighted by atomic mass is 9.87. The summed E-state index contributed by atoms with van der Waals surface area (Å²) in [5, 5.41) is 6.14. The second-order valence-electron chi connectivity index (χ2n) is 6.28. The van der Waals surface area contributed by atoms with E-state index < -0.39 is 0 Å².